The lowest BCUT2D eigenvalue weighted by Gasteiger charge is -2.14. The van der Waals surface area contributed by atoms with Gasteiger partial charge in [0.15, 0.2) is 5.82 Å². The zero-order valence-corrected chi connectivity index (χ0v) is 13.7. The Morgan fingerprint density at radius 2 is 2.11 bits per heavy atom. The molecule has 0 unspecified atom stereocenters. The maximum Gasteiger partial charge on any atom is 0.181 e. The van der Waals surface area contributed by atoms with Gasteiger partial charge in [-0.1, -0.05) is 12.8 Å². The number of hydrogen-bond donors (Lipinski definition) is 1. The Morgan fingerprint density at radius 1 is 1.32 bits per heavy atom. The van der Waals surface area contributed by atoms with Gasteiger partial charge in [0.1, 0.15) is 11.5 Å². The summed E-state index contributed by atoms with van der Waals surface area (Å²) in [6.45, 7) is 0. The quantitative estimate of drug-likeness (QED) is 0.813. The van der Waals surface area contributed by atoms with E-state index in [2.05, 4.69) is 37.9 Å². The van der Waals surface area contributed by atoms with Gasteiger partial charge in [-0.15, -0.1) is 11.3 Å². The van der Waals surface area contributed by atoms with E-state index < -0.39 is 0 Å². The first kappa shape index (κ1) is 13.2. The molecule has 1 aliphatic carbocycles. The Hall–Kier alpha value is -0.760. The molecular formula is C13H15IN4S. The molecule has 0 aromatic carbocycles. The van der Waals surface area contributed by atoms with Gasteiger partial charge in [0, 0.05) is 18.3 Å². The van der Waals surface area contributed by atoms with Gasteiger partial charge < -0.3 is 5.32 Å². The molecule has 0 radical (unpaired) electrons. The second kappa shape index (κ2) is 5.70. The van der Waals surface area contributed by atoms with Crippen LogP contribution in [0.15, 0.2) is 10.9 Å². The van der Waals surface area contributed by atoms with Gasteiger partial charge in [-0.2, -0.15) is 0 Å². The van der Waals surface area contributed by atoms with Crippen LogP contribution in [0.4, 0.5) is 5.82 Å². The highest BCUT2D eigenvalue weighted by atomic mass is 127. The average Bonchev–Trinajstić information content (AvgIpc) is 3.12. The van der Waals surface area contributed by atoms with E-state index in [0.29, 0.717) is 5.92 Å². The third kappa shape index (κ3) is 2.60. The molecule has 4 nitrogen and oxygen atoms in total. The minimum atomic E-state index is 0.583. The van der Waals surface area contributed by atoms with Crippen LogP contribution in [0, 0.1) is 3.57 Å². The molecule has 3 rings (SSSR count). The number of nitrogens with one attached hydrogen (secondary N) is 1. The van der Waals surface area contributed by atoms with Crippen molar-refractivity contribution in [1.82, 2.24) is 15.0 Å². The smallest absolute Gasteiger partial charge is 0.181 e. The Kier molecular flexibility index (Phi) is 3.97. The summed E-state index contributed by atoms with van der Waals surface area (Å²) in [7, 11) is 1.91. The largest absolute Gasteiger partial charge is 0.372 e. The van der Waals surface area contributed by atoms with Crippen LogP contribution in [0.2, 0.25) is 0 Å². The summed E-state index contributed by atoms with van der Waals surface area (Å²) in [5.41, 5.74) is 3.89. The highest BCUT2D eigenvalue weighted by molar-refractivity contribution is 14.1. The minimum absolute atomic E-state index is 0.583. The number of aromatic nitrogens is 3. The third-order valence-corrected chi connectivity index (χ3v) is 5.17. The van der Waals surface area contributed by atoms with Crippen LogP contribution in [0.3, 0.4) is 0 Å². The summed E-state index contributed by atoms with van der Waals surface area (Å²) in [4.78, 5) is 13.7. The van der Waals surface area contributed by atoms with Crippen molar-refractivity contribution >= 4 is 39.7 Å². The molecule has 0 saturated heterocycles. The molecule has 0 amide bonds. The lowest BCUT2D eigenvalue weighted by Crippen LogP contribution is -2.08. The van der Waals surface area contributed by atoms with E-state index in [-0.39, 0.29) is 0 Å². The zero-order valence-electron chi connectivity index (χ0n) is 10.7. The molecule has 2 heterocycles. The van der Waals surface area contributed by atoms with E-state index in [0.717, 1.165) is 20.9 Å². The lowest BCUT2D eigenvalue weighted by molar-refractivity contribution is 0.690. The number of halogens is 1. The fraction of sp³-hybridized carbons (Fsp3) is 0.462. The van der Waals surface area contributed by atoms with Crippen molar-refractivity contribution in [2.45, 2.75) is 31.6 Å². The Labute approximate surface area is 130 Å². The molecule has 19 heavy (non-hydrogen) atoms. The van der Waals surface area contributed by atoms with Crippen LogP contribution in [0.1, 0.15) is 37.3 Å². The first-order valence-corrected chi connectivity index (χ1v) is 8.45. The summed E-state index contributed by atoms with van der Waals surface area (Å²) in [6, 6.07) is 0. The Balaban J connectivity index is 2.09. The van der Waals surface area contributed by atoms with E-state index in [9.17, 15) is 0 Å². The second-order valence-electron chi connectivity index (χ2n) is 4.70. The molecule has 2 aromatic heterocycles. The molecule has 6 heteroatoms. The first-order chi connectivity index (χ1) is 9.29. The van der Waals surface area contributed by atoms with Crippen molar-refractivity contribution < 1.29 is 0 Å². The van der Waals surface area contributed by atoms with Gasteiger partial charge in [-0.3, -0.25) is 0 Å². The number of nitrogens with zero attached hydrogens (tertiary/aromatic N) is 3. The second-order valence-corrected chi connectivity index (χ2v) is 6.50. The minimum Gasteiger partial charge on any atom is -0.372 e. The zero-order chi connectivity index (χ0) is 13.2. The topological polar surface area (TPSA) is 50.7 Å². The molecule has 1 saturated carbocycles. The molecule has 0 bridgehead atoms. The fourth-order valence-electron chi connectivity index (χ4n) is 2.54. The first-order valence-electron chi connectivity index (χ1n) is 6.43. The molecule has 1 aliphatic rings. The monoisotopic (exact) mass is 386 g/mol. The lowest BCUT2D eigenvalue weighted by atomic mass is 10.0. The maximum atomic E-state index is 4.79. The van der Waals surface area contributed by atoms with Crippen LogP contribution in [-0.4, -0.2) is 22.0 Å². The van der Waals surface area contributed by atoms with Crippen molar-refractivity contribution in [3.8, 4) is 11.5 Å². The Bertz CT molecular complexity index is 564. The van der Waals surface area contributed by atoms with E-state index in [1.165, 1.54) is 31.4 Å². The predicted octanol–water partition coefficient (Wildman–Crippen LogP) is 3.90. The highest BCUT2D eigenvalue weighted by Gasteiger charge is 2.24. The van der Waals surface area contributed by atoms with Crippen LogP contribution < -0.4 is 5.32 Å². The number of thiazole rings is 1. The predicted molar refractivity (Wildman–Crippen MR) is 86.6 cm³/mol. The van der Waals surface area contributed by atoms with E-state index in [1.807, 2.05) is 17.9 Å². The molecule has 0 spiro atoms. The standard InChI is InChI=1S/C13H15IN4S/c1-15-13-10(14)11(8-4-2-3-5-8)17-12(18-13)9-6-19-7-16-9/h6-8H,2-5H2,1H3,(H,15,17,18). The fourth-order valence-corrected chi connectivity index (χ4v) is 4.02. The molecule has 2 aromatic rings. The molecule has 100 valence electrons. The van der Waals surface area contributed by atoms with Gasteiger partial charge in [0.2, 0.25) is 0 Å². The van der Waals surface area contributed by atoms with Crippen LogP contribution in [0.25, 0.3) is 11.5 Å². The van der Waals surface area contributed by atoms with Crippen molar-refractivity contribution in [2.75, 3.05) is 12.4 Å². The Morgan fingerprint density at radius 3 is 2.74 bits per heavy atom. The van der Waals surface area contributed by atoms with E-state index >= 15 is 0 Å². The average molecular weight is 386 g/mol. The molecular weight excluding hydrogens is 371 g/mol. The van der Waals surface area contributed by atoms with Crippen molar-refractivity contribution in [1.29, 1.82) is 0 Å². The van der Waals surface area contributed by atoms with Crippen molar-refractivity contribution in [3.05, 3.63) is 20.2 Å². The highest BCUT2D eigenvalue weighted by Crippen LogP contribution is 2.37. The van der Waals surface area contributed by atoms with Gasteiger partial charge >= 0.3 is 0 Å². The third-order valence-electron chi connectivity index (χ3n) is 3.52. The molecule has 1 N–H and O–H groups in total. The number of rotatable bonds is 3. The summed E-state index contributed by atoms with van der Waals surface area (Å²) in [5.74, 6) is 2.24. The van der Waals surface area contributed by atoms with E-state index in [1.54, 1.807) is 11.3 Å². The number of anilines is 1. The molecule has 0 aliphatic heterocycles. The van der Waals surface area contributed by atoms with Crippen LogP contribution in [-0.2, 0) is 0 Å². The van der Waals surface area contributed by atoms with Gasteiger partial charge in [0.25, 0.3) is 0 Å². The van der Waals surface area contributed by atoms with Crippen LogP contribution in [0.5, 0.6) is 0 Å². The van der Waals surface area contributed by atoms with Crippen molar-refractivity contribution in [2.24, 2.45) is 0 Å². The normalized spacial score (nSPS) is 15.9. The van der Waals surface area contributed by atoms with Gasteiger partial charge in [0.05, 0.1) is 14.8 Å². The summed E-state index contributed by atoms with van der Waals surface area (Å²) >= 11 is 3.94. The SMILES string of the molecule is CNc1nc(-c2cscn2)nc(C2CCCC2)c1I. The summed E-state index contributed by atoms with van der Waals surface area (Å²) in [6.07, 6.45) is 5.11. The summed E-state index contributed by atoms with van der Waals surface area (Å²) < 4.78 is 1.16. The van der Waals surface area contributed by atoms with Gasteiger partial charge in [-0.05, 0) is 35.4 Å². The van der Waals surface area contributed by atoms with Crippen LogP contribution >= 0.6 is 33.9 Å². The molecule has 1 fully saturated rings. The number of hydrogen-bond acceptors (Lipinski definition) is 5. The van der Waals surface area contributed by atoms with Crippen molar-refractivity contribution in [3.63, 3.8) is 0 Å². The van der Waals surface area contributed by atoms with Gasteiger partial charge in [-0.25, -0.2) is 15.0 Å². The molecule has 0 atom stereocenters. The van der Waals surface area contributed by atoms with E-state index in [4.69, 9.17) is 4.98 Å². The summed E-state index contributed by atoms with van der Waals surface area (Å²) in [5, 5.41) is 5.18. The maximum absolute atomic E-state index is 4.79.